The van der Waals surface area contributed by atoms with E-state index in [1.165, 1.54) is 5.69 Å². The molecule has 0 spiro atoms. The largest absolute Gasteiger partial charge is 0.492 e. The van der Waals surface area contributed by atoms with E-state index in [0.29, 0.717) is 12.2 Å². The first kappa shape index (κ1) is 25.8. The van der Waals surface area contributed by atoms with Crippen LogP contribution >= 0.6 is 24.8 Å². The van der Waals surface area contributed by atoms with Crippen LogP contribution in [0, 0.1) is 0 Å². The van der Waals surface area contributed by atoms with E-state index >= 15 is 0 Å². The molecular weight excluding hydrogens is 427 g/mol. The van der Waals surface area contributed by atoms with Crippen LogP contribution in [-0.2, 0) is 4.79 Å². The molecule has 1 heterocycles. The van der Waals surface area contributed by atoms with Gasteiger partial charge in [-0.15, -0.1) is 24.8 Å². The minimum Gasteiger partial charge on any atom is -0.492 e. The molecule has 0 amide bonds. The monoisotopic (exact) mass is 454 g/mol. The van der Waals surface area contributed by atoms with Gasteiger partial charge in [0.2, 0.25) is 0 Å². The highest BCUT2D eigenvalue weighted by molar-refractivity contribution is 5.97. The van der Waals surface area contributed by atoms with Crippen molar-refractivity contribution in [3.8, 4) is 5.75 Å². The molecule has 0 aromatic heterocycles. The Morgan fingerprint density at radius 3 is 2.10 bits per heavy atom. The molecule has 2 aromatic carbocycles. The van der Waals surface area contributed by atoms with Crippen molar-refractivity contribution in [2.75, 3.05) is 44.2 Å². The number of aliphatic carboxylic acids is 1. The van der Waals surface area contributed by atoms with Gasteiger partial charge in [0.25, 0.3) is 0 Å². The Bertz CT molecular complexity index is 779. The molecule has 0 unspecified atom stereocenters. The molecule has 1 aliphatic heterocycles. The molecule has 0 bridgehead atoms. The maximum Gasteiger partial charge on any atom is 0.303 e. The van der Waals surface area contributed by atoms with E-state index in [2.05, 4.69) is 34.1 Å². The van der Waals surface area contributed by atoms with E-state index in [1.54, 1.807) is 24.3 Å². The fourth-order valence-electron chi connectivity index (χ4n) is 3.26. The van der Waals surface area contributed by atoms with Crippen LogP contribution in [0.5, 0.6) is 5.75 Å². The third kappa shape index (κ3) is 7.86. The van der Waals surface area contributed by atoms with Crippen molar-refractivity contribution in [1.82, 2.24) is 4.90 Å². The van der Waals surface area contributed by atoms with Gasteiger partial charge in [0, 0.05) is 50.4 Å². The molecule has 30 heavy (non-hydrogen) atoms. The van der Waals surface area contributed by atoms with Gasteiger partial charge in [-0.25, -0.2) is 0 Å². The standard InChI is InChI=1S/C22H26N2O4.2ClH/c25-21(10-11-22(26)27)18-6-8-20(9-7-18)28-17-16-23-12-14-24(15-13-23)19-4-2-1-3-5-19;;/h1-9H,10-17H2,(H,26,27);2*1H. The Labute approximate surface area is 189 Å². The van der Waals surface area contributed by atoms with Crippen LogP contribution in [-0.4, -0.2) is 61.1 Å². The number of carboxylic acids is 1. The minimum absolute atomic E-state index is 0. The van der Waals surface area contributed by atoms with Crippen molar-refractivity contribution in [2.45, 2.75) is 12.8 Å². The summed E-state index contributed by atoms with van der Waals surface area (Å²) in [5, 5.41) is 8.65. The van der Waals surface area contributed by atoms with Gasteiger partial charge in [0.1, 0.15) is 12.4 Å². The number of nitrogens with zero attached hydrogens (tertiary/aromatic N) is 2. The average Bonchev–Trinajstić information content (AvgIpc) is 2.73. The number of carbonyl (C=O) groups is 2. The Morgan fingerprint density at radius 2 is 1.50 bits per heavy atom. The summed E-state index contributed by atoms with van der Waals surface area (Å²) in [7, 11) is 0. The predicted molar refractivity (Wildman–Crippen MR) is 123 cm³/mol. The molecule has 0 saturated carbocycles. The number of carboxylic acid groups (broad SMARTS) is 1. The number of piperazine rings is 1. The first-order valence-electron chi connectivity index (χ1n) is 9.62. The molecular formula is C22H28Cl2N2O4. The lowest BCUT2D eigenvalue weighted by molar-refractivity contribution is -0.136. The lowest BCUT2D eigenvalue weighted by atomic mass is 10.1. The number of anilines is 1. The van der Waals surface area contributed by atoms with Gasteiger partial charge in [-0.05, 0) is 36.4 Å². The highest BCUT2D eigenvalue weighted by Gasteiger charge is 2.16. The topological polar surface area (TPSA) is 70.1 Å². The maximum absolute atomic E-state index is 11.9. The second-order valence-electron chi connectivity index (χ2n) is 6.85. The number of para-hydroxylation sites is 1. The maximum atomic E-state index is 11.9. The van der Waals surface area contributed by atoms with Crippen molar-refractivity contribution >= 4 is 42.3 Å². The van der Waals surface area contributed by atoms with Crippen molar-refractivity contribution < 1.29 is 19.4 Å². The van der Waals surface area contributed by atoms with Gasteiger partial charge in [-0.1, -0.05) is 18.2 Å². The number of rotatable bonds is 9. The number of hydrogen-bond acceptors (Lipinski definition) is 5. The van der Waals surface area contributed by atoms with E-state index in [-0.39, 0.29) is 43.4 Å². The number of ether oxygens (including phenoxy) is 1. The predicted octanol–water partition coefficient (Wildman–Crippen LogP) is 3.78. The molecule has 1 N–H and O–H groups in total. The van der Waals surface area contributed by atoms with Crippen LogP contribution in [0.2, 0.25) is 0 Å². The molecule has 3 rings (SSSR count). The number of hydrogen-bond donors (Lipinski definition) is 1. The number of halogens is 2. The summed E-state index contributed by atoms with van der Waals surface area (Å²) in [5.41, 5.74) is 1.79. The SMILES string of the molecule is Cl.Cl.O=C(O)CCC(=O)c1ccc(OCCN2CCN(c3ccccc3)CC2)cc1. The quantitative estimate of drug-likeness (QED) is 0.581. The lowest BCUT2D eigenvalue weighted by Gasteiger charge is -2.36. The molecule has 1 fully saturated rings. The molecule has 0 aliphatic carbocycles. The highest BCUT2D eigenvalue weighted by Crippen LogP contribution is 2.16. The zero-order valence-corrected chi connectivity index (χ0v) is 18.4. The summed E-state index contributed by atoms with van der Waals surface area (Å²) in [4.78, 5) is 27.2. The summed E-state index contributed by atoms with van der Waals surface area (Å²) in [6, 6.07) is 17.4. The Kier molecular flexibility index (Phi) is 11.3. The van der Waals surface area contributed by atoms with Crippen LogP contribution in [0.25, 0.3) is 0 Å². The highest BCUT2D eigenvalue weighted by atomic mass is 35.5. The van der Waals surface area contributed by atoms with E-state index < -0.39 is 5.97 Å². The molecule has 2 aromatic rings. The Hall–Kier alpha value is -2.28. The summed E-state index contributed by atoms with van der Waals surface area (Å²) in [6.07, 6.45) is -0.126. The van der Waals surface area contributed by atoms with E-state index in [4.69, 9.17) is 9.84 Å². The fourth-order valence-corrected chi connectivity index (χ4v) is 3.26. The molecule has 0 atom stereocenters. The first-order valence-corrected chi connectivity index (χ1v) is 9.62. The van der Waals surface area contributed by atoms with Gasteiger partial charge in [-0.3, -0.25) is 14.5 Å². The van der Waals surface area contributed by atoms with Gasteiger partial charge >= 0.3 is 5.97 Å². The zero-order chi connectivity index (χ0) is 19.8. The van der Waals surface area contributed by atoms with Crippen LogP contribution < -0.4 is 9.64 Å². The Morgan fingerprint density at radius 1 is 0.867 bits per heavy atom. The summed E-state index contributed by atoms with van der Waals surface area (Å²) in [5.74, 6) is -0.402. The molecule has 1 aliphatic rings. The third-order valence-electron chi connectivity index (χ3n) is 4.91. The smallest absolute Gasteiger partial charge is 0.303 e. The third-order valence-corrected chi connectivity index (χ3v) is 4.91. The van der Waals surface area contributed by atoms with Gasteiger partial charge in [0.15, 0.2) is 5.78 Å². The molecule has 1 saturated heterocycles. The van der Waals surface area contributed by atoms with Crippen molar-refractivity contribution in [2.24, 2.45) is 0 Å². The average molecular weight is 455 g/mol. The van der Waals surface area contributed by atoms with Crippen LogP contribution in [0.1, 0.15) is 23.2 Å². The van der Waals surface area contributed by atoms with E-state index in [9.17, 15) is 9.59 Å². The lowest BCUT2D eigenvalue weighted by Crippen LogP contribution is -2.47. The van der Waals surface area contributed by atoms with Gasteiger partial charge < -0.3 is 14.7 Å². The molecule has 8 heteroatoms. The minimum atomic E-state index is -0.960. The first-order chi connectivity index (χ1) is 13.6. The fraction of sp³-hybridized carbons (Fsp3) is 0.364. The van der Waals surface area contributed by atoms with E-state index in [1.807, 2.05) is 6.07 Å². The van der Waals surface area contributed by atoms with Crippen LogP contribution in [0.3, 0.4) is 0 Å². The van der Waals surface area contributed by atoms with Crippen LogP contribution in [0.4, 0.5) is 5.69 Å². The summed E-state index contributed by atoms with van der Waals surface area (Å²) in [6.45, 7) is 5.50. The zero-order valence-electron chi connectivity index (χ0n) is 16.7. The second-order valence-corrected chi connectivity index (χ2v) is 6.85. The van der Waals surface area contributed by atoms with Crippen molar-refractivity contribution in [1.29, 1.82) is 0 Å². The number of benzene rings is 2. The normalized spacial score (nSPS) is 13.7. The van der Waals surface area contributed by atoms with Crippen molar-refractivity contribution in [3.63, 3.8) is 0 Å². The van der Waals surface area contributed by atoms with Gasteiger partial charge in [0.05, 0.1) is 6.42 Å². The summed E-state index contributed by atoms with van der Waals surface area (Å²) >= 11 is 0. The number of ketones is 1. The van der Waals surface area contributed by atoms with Crippen LogP contribution in [0.15, 0.2) is 54.6 Å². The molecule has 0 radical (unpaired) electrons. The van der Waals surface area contributed by atoms with E-state index in [0.717, 1.165) is 38.5 Å². The summed E-state index contributed by atoms with van der Waals surface area (Å²) < 4.78 is 5.79. The van der Waals surface area contributed by atoms with Gasteiger partial charge in [-0.2, -0.15) is 0 Å². The second kappa shape index (κ2) is 13.1. The number of Topliss-reactive ketones (excluding diaryl/α,β-unsaturated/α-hetero) is 1. The molecule has 6 nitrogen and oxygen atoms in total. The Balaban J connectivity index is 0.00000225. The number of carbonyl (C=O) groups excluding carboxylic acids is 1. The molecule has 164 valence electrons. The van der Waals surface area contributed by atoms with Crippen molar-refractivity contribution in [3.05, 3.63) is 60.2 Å².